The highest BCUT2D eigenvalue weighted by Crippen LogP contribution is 2.33. The van der Waals surface area contributed by atoms with Crippen molar-refractivity contribution < 1.29 is 4.79 Å². The van der Waals surface area contributed by atoms with Crippen LogP contribution in [0, 0.1) is 11.3 Å². The van der Waals surface area contributed by atoms with Gasteiger partial charge in [0.15, 0.2) is 0 Å². The molecule has 0 spiro atoms. The predicted molar refractivity (Wildman–Crippen MR) is 70.7 cm³/mol. The number of rotatable bonds is 4. The van der Waals surface area contributed by atoms with Gasteiger partial charge in [-0.05, 0) is 37.3 Å². The molecule has 3 N–H and O–H groups in total. The molecule has 0 aromatic heterocycles. The van der Waals surface area contributed by atoms with Gasteiger partial charge >= 0.3 is 0 Å². The fourth-order valence-electron chi connectivity index (χ4n) is 2.43. The third-order valence-electron chi connectivity index (χ3n) is 3.65. The van der Waals surface area contributed by atoms with Gasteiger partial charge in [0.2, 0.25) is 5.91 Å². The topological polar surface area (TPSA) is 58.4 Å². The summed E-state index contributed by atoms with van der Waals surface area (Å²) in [6, 6.07) is 0. The molecule has 1 aliphatic rings. The third-order valence-corrected chi connectivity index (χ3v) is 3.65. The molecule has 0 aromatic carbocycles. The monoisotopic (exact) mass is 241 g/mol. The van der Waals surface area contributed by atoms with Gasteiger partial charge in [0.25, 0.3) is 0 Å². The van der Waals surface area contributed by atoms with Crippen LogP contribution in [-0.2, 0) is 4.79 Å². The fraction of sp³-hybridized carbons (Fsp3) is 0.923. The molecule has 0 aromatic rings. The predicted octanol–water partition coefficient (Wildman–Crippen LogP) is 0.819. The minimum Gasteiger partial charge on any atom is -0.354 e. The average Bonchev–Trinajstić information content (AvgIpc) is 2.26. The smallest absolute Gasteiger partial charge is 0.234 e. The molecule has 0 atom stereocenters. The second-order valence-corrected chi connectivity index (χ2v) is 6.06. The van der Waals surface area contributed by atoms with Crippen LogP contribution in [0.1, 0.15) is 33.6 Å². The van der Waals surface area contributed by atoms with Crippen LogP contribution in [-0.4, -0.2) is 43.5 Å². The first-order valence-corrected chi connectivity index (χ1v) is 6.62. The zero-order chi connectivity index (χ0) is 12.9. The van der Waals surface area contributed by atoms with Crippen molar-refractivity contribution in [2.24, 2.45) is 17.1 Å². The number of nitrogens with zero attached hydrogens (tertiary/aromatic N) is 1. The zero-order valence-corrected chi connectivity index (χ0v) is 11.5. The van der Waals surface area contributed by atoms with Crippen LogP contribution in [0.5, 0.6) is 0 Å². The molecule has 17 heavy (non-hydrogen) atoms. The molecule has 1 rings (SSSR count). The van der Waals surface area contributed by atoms with E-state index in [1.54, 1.807) is 0 Å². The number of hydrogen-bond donors (Lipinski definition) is 2. The van der Waals surface area contributed by atoms with Crippen LogP contribution in [0.4, 0.5) is 0 Å². The molecule has 0 aliphatic carbocycles. The van der Waals surface area contributed by atoms with Crippen molar-refractivity contribution in [2.75, 3.05) is 32.7 Å². The van der Waals surface area contributed by atoms with Gasteiger partial charge in [-0.25, -0.2) is 0 Å². The summed E-state index contributed by atoms with van der Waals surface area (Å²) in [4.78, 5) is 13.8. The van der Waals surface area contributed by atoms with E-state index in [1.165, 1.54) is 12.8 Å². The van der Waals surface area contributed by atoms with E-state index in [0.717, 1.165) is 19.0 Å². The van der Waals surface area contributed by atoms with Crippen LogP contribution in [0.15, 0.2) is 0 Å². The fourth-order valence-corrected chi connectivity index (χ4v) is 2.43. The van der Waals surface area contributed by atoms with E-state index in [-0.39, 0.29) is 5.91 Å². The van der Waals surface area contributed by atoms with Crippen LogP contribution in [0.25, 0.3) is 0 Å². The number of hydrogen-bond acceptors (Lipinski definition) is 3. The molecule has 4 heteroatoms. The van der Waals surface area contributed by atoms with E-state index in [4.69, 9.17) is 5.73 Å². The summed E-state index contributed by atoms with van der Waals surface area (Å²) >= 11 is 0. The Morgan fingerprint density at radius 2 is 1.94 bits per heavy atom. The van der Waals surface area contributed by atoms with Gasteiger partial charge in [-0.3, -0.25) is 9.69 Å². The van der Waals surface area contributed by atoms with Crippen LogP contribution in [0.2, 0.25) is 0 Å². The molecular formula is C13H27N3O. The Morgan fingerprint density at radius 1 is 1.35 bits per heavy atom. The van der Waals surface area contributed by atoms with Crippen molar-refractivity contribution in [3.8, 4) is 0 Å². The Morgan fingerprint density at radius 3 is 2.41 bits per heavy atom. The maximum absolute atomic E-state index is 11.5. The number of likely N-dealkylation sites (tertiary alicyclic amines) is 1. The maximum atomic E-state index is 11.5. The van der Waals surface area contributed by atoms with Crippen molar-refractivity contribution in [3.63, 3.8) is 0 Å². The summed E-state index contributed by atoms with van der Waals surface area (Å²) in [5.41, 5.74) is 5.74. The largest absolute Gasteiger partial charge is 0.354 e. The van der Waals surface area contributed by atoms with E-state index in [2.05, 4.69) is 31.0 Å². The minimum absolute atomic E-state index is 0.102. The summed E-state index contributed by atoms with van der Waals surface area (Å²) in [5.74, 6) is 0.885. The standard InChI is InChI=1S/C13H27N3O/c1-13(2,3)11-4-8-16(9-5-11)10-12(17)15-7-6-14/h11H,4-10,14H2,1-3H3,(H,15,17). The van der Waals surface area contributed by atoms with Gasteiger partial charge in [0.05, 0.1) is 6.54 Å². The molecule has 0 saturated carbocycles. The lowest BCUT2D eigenvalue weighted by atomic mass is 9.75. The van der Waals surface area contributed by atoms with Crippen molar-refractivity contribution >= 4 is 5.91 Å². The van der Waals surface area contributed by atoms with E-state index >= 15 is 0 Å². The Balaban J connectivity index is 2.25. The molecular weight excluding hydrogens is 214 g/mol. The summed E-state index contributed by atoms with van der Waals surface area (Å²) in [7, 11) is 0. The SMILES string of the molecule is CC(C)(C)C1CCN(CC(=O)NCCN)CC1. The lowest BCUT2D eigenvalue weighted by molar-refractivity contribution is -0.122. The molecule has 1 saturated heterocycles. The Kier molecular flexibility index (Phi) is 5.40. The highest BCUT2D eigenvalue weighted by atomic mass is 16.2. The molecule has 0 unspecified atom stereocenters. The quantitative estimate of drug-likeness (QED) is 0.766. The molecule has 0 bridgehead atoms. The van der Waals surface area contributed by atoms with Gasteiger partial charge in [-0.1, -0.05) is 20.8 Å². The summed E-state index contributed by atoms with van der Waals surface area (Å²) in [6.45, 7) is 10.6. The third kappa shape index (κ3) is 5.04. The second-order valence-electron chi connectivity index (χ2n) is 6.06. The first kappa shape index (κ1) is 14.5. The van der Waals surface area contributed by atoms with E-state index in [1.807, 2.05) is 0 Å². The van der Waals surface area contributed by atoms with Crippen molar-refractivity contribution in [2.45, 2.75) is 33.6 Å². The molecule has 4 nitrogen and oxygen atoms in total. The van der Waals surface area contributed by atoms with Crippen molar-refractivity contribution in [1.29, 1.82) is 0 Å². The van der Waals surface area contributed by atoms with E-state index < -0.39 is 0 Å². The van der Waals surface area contributed by atoms with Gasteiger partial charge in [-0.2, -0.15) is 0 Å². The Bertz CT molecular complexity index is 240. The first-order chi connectivity index (χ1) is 7.93. The Hall–Kier alpha value is -0.610. The zero-order valence-electron chi connectivity index (χ0n) is 11.5. The van der Waals surface area contributed by atoms with Crippen LogP contribution < -0.4 is 11.1 Å². The van der Waals surface area contributed by atoms with Crippen molar-refractivity contribution in [3.05, 3.63) is 0 Å². The number of piperidine rings is 1. The van der Waals surface area contributed by atoms with Crippen LogP contribution >= 0.6 is 0 Å². The van der Waals surface area contributed by atoms with Gasteiger partial charge in [0.1, 0.15) is 0 Å². The average molecular weight is 241 g/mol. The minimum atomic E-state index is 0.102. The second kappa shape index (κ2) is 6.36. The van der Waals surface area contributed by atoms with Gasteiger partial charge in [-0.15, -0.1) is 0 Å². The van der Waals surface area contributed by atoms with Crippen molar-refractivity contribution in [1.82, 2.24) is 10.2 Å². The molecule has 1 aliphatic heterocycles. The van der Waals surface area contributed by atoms with E-state index in [0.29, 0.717) is 25.0 Å². The molecule has 100 valence electrons. The summed E-state index contributed by atoms with van der Waals surface area (Å²) in [5, 5.41) is 2.82. The Labute approximate surface area is 105 Å². The lowest BCUT2D eigenvalue weighted by Gasteiger charge is -2.38. The highest BCUT2D eigenvalue weighted by molar-refractivity contribution is 5.77. The lowest BCUT2D eigenvalue weighted by Crippen LogP contribution is -2.44. The highest BCUT2D eigenvalue weighted by Gasteiger charge is 2.29. The number of carbonyl (C=O) groups excluding carboxylic acids is 1. The molecule has 1 heterocycles. The molecule has 0 radical (unpaired) electrons. The first-order valence-electron chi connectivity index (χ1n) is 6.62. The number of nitrogens with one attached hydrogen (secondary N) is 1. The van der Waals surface area contributed by atoms with E-state index in [9.17, 15) is 4.79 Å². The number of nitrogens with two attached hydrogens (primary N) is 1. The number of carbonyl (C=O) groups is 1. The van der Waals surface area contributed by atoms with Gasteiger partial charge < -0.3 is 11.1 Å². The summed E-state index contributed by atoms with van der Waals surface area (Å²) in [6.07, 6.45) is 2.40. The van der Waals surface area contributed by atoms with Gasteiger partial charge in [0, 0.05) is 13.1 Å². The number of amides is 1. The molecule has 1 fully saturated rings. The normalized spacial score (nSPS) is 19.3. The molecule has 1 amide bonds. The maximum Gasteiger partial charge on any atom is 0.234 e. The summed E-state index contributed by atoms with van der Waals surface area (Å²) < 4.78 is 0. The van der Waals surface area contributed by atoms with Crippen LogP contribution in [0.3, 0.4) is 0 Å².